The molecule has 0 aromatic rings. The maximum Gasteiger partial charge on any atom is 0.137 e. The van der Waals surface area contributed by atoms with Crippen molar-refractivity contribution in [3.05, 3.63) is 24.8 Å². The maximum atomic E-state index is 11.3. The van der Waals surface area contributed by atoms with Gasteiger partial charge in [0.1, 0.15) is 5.78 Å². The van der Waals surface area contributed by atoms with E-state index in [2.05, 4.69) is 20.1 Å². The molecule has 2 atom stereocenters. The molecule has 0 aromatic heterocycles. The Morgan fingerprint density at radius 2 is 2.31 bits per heavy atom. The molecule has 0 aromatic carbocycles. The Morgan fingerprint density at radius 3 is 2.92 bits per heavy atom. The molecule has 1 aliphatic rings. The van der Waals surface area contributed by atoms with Crippen LogP contribution in [0.5, 0.6) is 0 Å². The van der Waals surface area contributed by atoms with E-state index in [4.69, 9.17) is 0 Å². The number of carbonyl (C=O) groups excluding carboxylic acids is 1. The van der Waals surface area contributed by atoms with Gasteiger partial charge >= 0.3 is 0 Å². The topological polar surface area (TPSA) is 17.1 Å². The minimum Gasteiger partial charge on any atom is -0.299 e. The summed E-state index contributed by atoms with van der Waals surface area (Å²) in [6.07, 6.45) is 5.36. The van der Waals surface area contributed by atoms with E-state index in [9.17, 15) is 4.79 Å². The molecule has 1 rings (SSSR count). The predicted molar refractivity (Wildman–Crippen MR) is 55.5 cm³/mol. The highest BCUT2D eigenvalue weighted by Gasteiger charge is 2.27. The molecule has 72 valence electrons. The lowest BCUT2D eigenvalue weighted by Gasteiger charge is -2.29. The average molecular weight is 178 g/mol. The minimum absolute atomic E-state index is 0.358. The fourth-order valence-corrected chi connectivity index (χ4v) is 1.97. The van der Waals surface area contributed by atoms with Crippen molar-refractivity contribution in [1.29, 1.82) is 0 Å². The highest BCUT2D eigenvalue weighted by Crippen LogP contribution is 2.33. The quantitative estimate of drug-likeness (QED) is 0.607. The van der Waals surface area contributed by atoms with Gasteiger partial charge in [-0.3, -0.25) is 4.79 Å². The molecule has 0 radical (unpaired) electrons. The molecule has 0 N–H and O–H groups in total. The standard InChI is InChI=1S/C12H18O/c1-4-5-6-11-8-12(13)7-9(2)10(11)3/h4,10-11H,1-2,5-8H2,3H3/t10-,11?/m0/s1. The van der Waals surface area contributed by atoms with Crippen molar-refractivity contribution >= 4 is 5.78 Å². The maximum absolute atomic E-state index is 11.3. The van der Waals surface area contributed by atoms with Crippen molar-refractivity contribution in [3.8, 4) is 0 Å². The van der Waals surface area contributed by atoms with E-state index in [1.54, 1.807) is 0 Å². The van der Waals surface area contributed by atoms with Crippen molar-refractivity contribution in [3.63, 3.8) is 0 Å². The number of carbonyl (C=O) groups is 1. The first-order valence-electron chi connectivity index (χ1n) is 4.95. The van der Waals surface area contributed by atoms with E-state index in [0.29, 0.717) is 24.0 Å². The molecule has 0 saturated heterocycles. The van der Waals surface area contributed by atoms with E-state index >= 15 is 0 Å². The van der Waals surface area contributed by atoms with Gasteiger partial charge in [0.2, 0.25) is 0 Å². The first kappa shape index (κ1) is 10.2. The van der Waals surface area contributed by atoms with Crippen molar-refractivity contribution < 1.29 is 4.79 Å². The summed E-state index contributed by atoms with van der Waals surface area (Å²) in [5.41, 5.74) is 1.12. The largest absolute Gasteiger partial charge is 0.299 e. The Bertz CT molecular complexity index is 227. The van der Waals surface area contributed by atoms with Crippen LogP contribution in [0.2, 0.25) is 0 Å². The highest BCUT2D eigenvalue weighted by molar-refractivity contribution is 5.82. The minimum atomic E-state index is 0.358. The van der Waals surface area contributed by atoms with Crippen LogP contribution in [0.4, 0.5) is 0 Å². The molecule has 0 heterocycles. The summed E-state index contributed by atoms with van der Waals surface area (Å²) in [5, 5.41) is 0. The summed E-state index contributed by atoms with van der Waals surface area (Å²) in [7, 11) is 0. The molecule has 1 fully saturated rings. The lowest BCUT2D eigenvalue weighted by molar-refractivity contribution is -0.120. The zero-order valence-corrected chi connectivity index (χ0v) is 8.38. The summed E-state index contributed by atoms with van der Waals surface area (Å²) < 4.78 is 0. The van der Waals surface area contributed by atoms with Crippen LogP contribution in [0.15, 0.2) is 24.8 Å². The Hall–Kier alpha value is -0.850. The molecule has 1 aliphatic carbocycles. The normalized spacial score (nSPS) is 29.0. The Morgan fingerprint density at radius 1 is 1.62 bits per heavy atom. The molecule has 1 nitrogen and oxygen atoms in total. The van der Waals surface area contributed by atoms with Gasteiger partial charge in [0.05, 0.1) is 0 Å². The first-order valence-corrected chi connectivity index (χ1v) is 4.95. The van der Waals surface area contributed by atoms with Crippen LogP contribution in [0, 0.1) is 11.8 Å². The number of ketones is 1. The lowest BCUT2D eigenvalue weighted by Crippen LogP contribution is -2.24. The number of allylic oxidation sites excluding steroid dienone is 2. The Labute approximate surface area is 80.5 Å². The molecule has 1 saturated carbocycles. The van der Waals surface area contributed by atoms with Crippen LogP contribution >= 0.6 is 0 Å². The average Bonchev–Trinajstić information content (AvgIpc) is 2.09. The number of Topliss-reactive ketones (excluding diaryl/α,β-unsaturated/α-hetero) is 1. The van der Waals surface area contributed by atoms with E-state index in [-0.39, 0.29) is 0 Å². The third-order valence-corrected chi connectivity index (χ3v) is 3.01. The van der Waals surface area contributed by atoms with Crippen LogP contribution in [0.1, 0.15) is 32.6 Å². The molecule has 0 aliphatic heterocycles. The van der Waals surface area contributed by atoms with Gasteiger partial charge < -0.3 is 0 Å². The molecular formula is C12H18O. The summed E-state index contributed by atoms with van der Waals surface area (Å²) >= 11 is 0. The molecule has 0 bridgehead atoms. The third kappa shape index (κ3) is 2.55. The van der Waals surface area contributed by atoms with E-state index < -0.39 is 0 Å². The van der Waals surface area contributed by atoms with Crippen molar-refractivity contribution in [2.24, 2.45) is 11.8 Å². The molecule has 13 heavy (non-hydrogen) atoms. The second-order valence-corrected chi connectivity index (χ2v) is 3.99. The van der Waals surface area contributed by atoms with Crippen molar-refractivity contribution in [2.45, 2.75) is 32.6 Å². The molecule has 0 amide bonds. The fourth-order valence-electron chi connectivity index (χ4n) is 1.97. The number of rotatable bonds is 3. The second-order valence-electron chi connectivity index (χ2n) is 3.99. The van der Waals surface area contributed by atoms with Gasteiger partial charge in [-0.2, -0.15) is 0 Å². The molecule has 1 heteroatoms. The molecular weight excluding hydrogens is 160 g/mol. The van der Waals surface area contributed by atoms with Gasteiger partial charge in [0.15, 0.2) is 0 Å². The molecule has 0 spiro atoms. The first-order chi connectivity index (χ1) is 6.15. The summed E-state index contributed by atoms with van der Waals surface area (Å²) in [5.74, 6) is 1.38. The third-order valence-electron chi connectivity index (χ3n) is 3.01. The summed E-state index contributed by atoms with van der Waals surface area (Å²) in [6.45, 7) is 9.84. The van der Waals surface area contributed by atoms with Crippen molar-refractivity contribution in [1.82, 2.24) is 0 Å². The Balaban J connectivity index is 2.55. The summed E-state index contributed by atoms with van der Waals surface area (Å²) in [4.78, 5) is 11.3. The fraction of sp³-hybridized carbons (Fsp3) is 0.583. The SMILES string of the molecule is C=CCCC1CC(=O)CC(=C)[C@@H]1C. The van der Waals surface area contributed by atoms with Gasteiger partial charge in [0.25, 0.3) is 0 Å². The van der Waals surface area contributed by atoms with Gasteiger partial charge in [-0.1, -0.05) is 25.2 Å². The van der Waals surface area contributed by atoms with E-state index in [0.717, 1.165) is 24.8 Å². The second kappa shape index (κ2) is 4.40. The monoisotopic (exact) mass is 178 g/mol. The zero-order chi connectivity index (χ0) is 9.84. The van der Waals surface area contributed by atoms with Crippen LogP contribution in [-0.2, 0) is 4.79 Å². The van der Waals surface area contributed by atoms with Crippen molar-refractivity contribution in [2.75, 3.05) is 0 Å². The number of hydrogen-bond donors (Lipinski definition) is 0. The van der Waals surface area contributed by atoms with E-state index in [1.165, 1.54) is 0 Å². The van der Waals surface area contributed by atoms with E-state index in [1.807, 2.05) is 6.08 Å². The van der Waals surface area contributed by atoms with Crippen LogP contribution in [0.3, 0.4) is 0 Å². The van der Waals surface area contributed by atoms with Gasteiger partial charge in [0, 0.05) is 12.8 Å². The van der Waals surface area contributed by atoms with Crippen LogP contribution < -0.4 is 0 Å². The number of hydrogen-bond acceptors (Lipinski definition) is 1. The smallest absolute Gasteiger partial charge is 0.137 e. The lowest BCUT2D eigenvalue weighted by atomic mass is 9.75. The zero-order valence-electron chi connectivity index (χ0n) is 8.38. The predicted octanol–water partition coefficient (Wildman–Crippen LogP) is 3.12. The summed E-state index contributed by atoms with van der Waals surface area (Å²) in [6, 6.07) is 0. The Kier molecular flexibility index (Phi) is 3.47. The molecule has 1 unspecified atom stereocenters. The highest BCUT2D eigenvalue weighted by atomic mass is 16.1. The van der Waals surface area contributed by atoms with Crippen LogP contribution in [0.25, 0.3) is 0 Å². The van der Waals surface area contributed by atoms with Gasteiger partial charge in [-0.25, -0.2) is 0 Å². The van der Waals surface area contributed by atoms with Crippen LogP contribution in [-0.4, -0.2) is 5.78 Å². The van der Waals surface area contributed by atoms with Gasteiger partial charge in [-0.05, 0) is 24.7 Å². The van der Waals surface area contributed by atoms with Gasteiger partial charge in [-0.15, -0.1) is 6.58 Å².